The van der Waals surface area contributed by atoms with E-state index in [1.807, 2.05) is 30.3 Å². The van der Waals surface area contributed by atoms with Crippen LogP contribution in [0.1, 0.15) is 12.5 Å². The highest BCUT2D eigenvalue weighted by molar-refractivity contribution is 6.07. The highest BCUT2D eigenvalue weighted by Crippen LogP contribution is 2.20. The van der Waals surface area contributed by atoms with Gasteiger partial charge in [-0.1, -0.05) is 43.0 Å². The Balaban J connectivity index is 1.96. The van der Waals surface area contributed by atoms with Crippen molar-refractivity contribution in [2.24, 2.45) is 0 Å². The van der Waals surface area contributed by atoms with E-state index in [0.717, 1.165) is 16.0 Å². The fourth-order valence-electron chi connectivity index (χ4n) is 1.93. The Kier molecular flexibility index (Phi) is 3.80. The van der Waals surface area contributed by atoms with E-state index in [9.17, 15) is 9.59 Å². The summed E-state index contributed by atoms with van der Waals surface area (Å²) in [6, 6.07) is 9.34. The summed E-state index contributed by atoms with van der Waals surface area (Å²) < 4.78 is 5.13. The van der Waals surface area contributed by atoms with Crippen LogP contribution in [0.25, 0.3) is 0 Å². The van der Waals surface area contributed by atoms with Crippen molar-refractivity contribution in [1.82, 2.24) is 4.90 Å². The van der Waals surface area contributed by atoms with Crippen molar-refractivity contribution in [2.75, 3.05) is 6.54 Å². The van der Waals surface area contributed by atoms with Crippen LogP contribution in [0, 0.1) is 0 Å². The van der Waals surface area contributed by atoms with Crippen molar-refractivity contribution < 1.29 is 14.3 Å². The normalized spacial score (nSPS) is 14.8. The molecule has 98 valence electrons. The Morgan fingerprint density at radius 1 is 1.42 bits per heavy atom. The number of rotatable bonds is 3. The first kappa shape index (κ1) is 13.1. The van der Waals surface area contributed by atoms with Gasteiger partial charge in [-0.2, -0.15) is 0 Å². The molecule has 2 rings (SSSR count). The summed E-state index contributed by atoms with van der Waals surface area (Å²) in [5.41, 5.74) is 2.20. The SMILES string of the molecule is C=CC1=C(C)CN(C(=O)OCc2ccccc2)C1=O. The lowest BCUT2D eigenvalue weighted by molar-refractivity contribution is -0.123. The zero-order chi connectivity index (χ0) is 13.8. The van der Waals surface area contributed by atoms with E-state index in [4.69, 9.17) is 4.74 Å². The van der Waals surface area contributed by atoms with Crippen LogP contribution in [0.15, 0.2) is 54.1 Å². The molecule has 2 amide bonds. The third-order valence-corrected chi connectivity index (χ3v) is 2.96. The Morgan fingerprint density at radius 2 is 2.11 bits per heavy atom. The van der Waals surface area contributed by atoms with Crippen LogP contribution in [0.2, 0.25) is 0 Å². The monoisotopic (exact) mass is 257 g/mol. The molecule has 19 heavy (non-hydrogen) atoms. The Hall–Kier alpha value is -2.36. The number of amides is 2. The lowest BCUT2D eigenvalue weighted by Crippen LogP contribution is -2.34. The molecule has 0 aromatic heterocycles. The van der Waals surface area contributed by atoms with E-state index in [1.54, 1.807) is 6.92 Å². The standard InChI is InChI=1S/C15H15NO3/c1-3-13-11(2)9-16(14(13)17)15(18)19-10-12-7-5-4-6-8-12/h3-8H,1,9-10H2,2H3. The molecule has 1 aromatic carbocycles. The molecule has 1 aliphatic heterocycles. The highest BCUT2D eigenvalue weighted by Gasteiger charge is 2.32. The Bertz CT molecular complexity index is 546. The van der Waals surface area contributed by atoms with Gasteiger partial charge in [-0.15, -0.1) is 0 Å². The number of carbonyl (C=O) groups excluding carboxylic acids is 2. The molecule has 0 spiro atoms. The van der Waals surface area contributed by atoms with Gasteiger partial charge in [0.1, 0.15) is 6.61 Å². The molecule has 0 unspecified atom stereocenters. The van der Waals surface area contributed by atoms with E-state index in [1.165, 1.54) is 6.08 Å². The molecule has 1 aliphatic rings. The lowest BCUT2D eigenvalue weighted by atomic mass is 10.2. The van der Waals surface area contributed by atoms with Crippen LogP contribution in [-0.2, 0) is 16.1 Å². The molecule has 4 nitrogen and oxygen atoms in total. The molecule has 0 bridgehead atoms. The third-order valence-electron chi connectivity index (χ3n) is 2.96. The van der Waals surface area contributed by atoms with Gasteiger partial charge < -0.3 is 4.74 Å². The molecule has 1 aromatic rings. The van der Waals surface area contributed by atoms with Gasteiger partial charge in [0.25, 0.3) is 5.91 Å². The fourth-order valence-corrected chi connectivity index (χ4v) is 1.93. The highest BCUT2D eigenvalue weighted by atomic mass is 16.6. The van der Waals surface area contributed by atoms with E-state index < -0.39 is 6.09 Å². The van der Waals surface area contributed by atoms with E-state index in [0.29, 0.717) is 5.57 Å². The minimum absolute atomic E-state index is 0.159. The summed E-state index contributed by atoms with van der Waals surface area (Å²) in [4.78, 5) is 24.8. The van der Waals surface area contributed by atoms with Crippen molar-refractivity contribution in [3.63, 3.8) is 0 Å². The Morgan fingerprint density at radius 3 is 2.68 bits per heavy atom. The van der Waals surface area contributed by atoms with Gasteiger partial charge >= 0.3 is 6.09 Å². The van der Waals surface area contributed by atoms with Crippen molar-refractivity contribution in [3.05, 3.63) is 59.7 Å². The molecular weight excluding hydrogens is 242 g/mol. The predicted octanol–water partition coefficient (Wildman–Crippen LogP) is 2.67. The average molecular weight is 257 g/mol. The summed E-state index contributed by atoms with van der Waals surface area (Å²) in [5.74, 6) is -0.342. The quantitative estimate of drug-likeness (QED) is 0.836. The zero-order valence-electron chi connectivity index (χ0n) is 10.8. The van der Waals surface area contributed by atoms with Crippen molar-refractivity contribution in [1.29, 1.82) is 0 Å². The summed E-state index contributed by atoms with van der Waals surface area (Å²) in [5, 5.41) is 0. The molecule has 0 radical (unpaired) electrons. The second-order valence-electron chi connectivity index (χ2n) is 4.33. The lowest BCUT2D eigenvalue weighted by Gasteiger charge is -2.14. The largest absolute Gasteiger partial charge is 0.444 e. The molecule has 0 fully saturated rings. The van der Waals surface area contributed by atoms with Crippen LogP contribution >= 0.6 is 0 Å². The molecule has 4 heteroatoms. The summed E-state index contributed by atoms with van der Waals surface area (Å²) in [6.07, 6.45) is 0.854. The minimum Gasteiger partial charge on any atom is -0.444 e. The minimum atomic E-state index is -0.620. The fraction of sp³-hybridized carbons (Fsp3) is 0.200. The molecule has 0 N–H and O–H groups in total. The topological polar surface area (TPSA) is 46.6 Å². The Labute approximate surface area is 112 Å². The second kappa shape index (κ2) is 5.52. The first-order valence-electron chi connectivity index (χ1n) is 5.98. The molecule has 0 aliphatic carbocycles. The van der Waals surface area contributed by atoms with Gasteiger partial charge in [0.15, 0.2) is 0 Å². The number of hydrogen-bond acceptors (Lipinski definition) is 3. The van der Waals surface area contributed by atoms with Crippen molar-refractivity contribution >= 4 is 12.0 Å². The number of ether oxygens (including phenoxy) is 1. The van der Waals surface area contributed by atoms with Crippen molar-refractivity contribution in [2.45, 2.75) is 13.5 Å². The third kappa shape index (κ3) is 2.73. The molecular formula is C15H15NO3. The maximum Gasteiger partial charge on any atom is 0.417 e. The number of imide groups is 1. The van der Waals surface area contributed by atoms with Gasteiger partial charge in [0.05, 0.1) is 6.54 Å². The first-order chi connectivity index (χ1) is 9.13. The van der Waals surface area contributed by atoms with Crippen LogP contribution < -0.4 is 0 Å². The first-order valence-corrected chi connectivity index (χ1v) is 5.98. The number of benzene rings is 1. The summed E-state index contributed by atoms with van der Waals surface area (Å²) in [6.45, 7) is 5.81. The van der Waals surface area contributed by atoms with Crippen LogP contribution in [0.4, 0.5) is 4.79 Å². The van der Waals surface area contributed by atoms with Gasteiger partial charge in [-0.05, 0) is 18.1 Å². The predicted molar refractivity (Wildman–Crippen MR) is 71.2 cm³/mol. The summed E-state index contributed by atoms with van der Waals surface area (Å²) >= 11 is 0. The molecule has 0 atom stereocenters. The van der Waals surface area contributed by atoms with E-state index in [2.05, 4.69) is 6.58 Å². The number of hydrogen-bond donors (Lipinski definition) is 0. The van der Waals surface area contributed by atoms with Crippen LogP contribution in [0.5, 0.6) is 0 Å². The smallest absolute Gasteiger partial charge is 0.417 e. The average Bonchev–Trinajstić information content (AvgIpc) is 2.72. The van der Waals surface area contributed by atoms with Crippen molar-refractivity contribution in [3.8, 4) is 0 Å². The van der Waals surface area contributed by atoms with Gasteiger partial charge in [0.2, 0.25) is 0 Å². The molecule has 1 heterocycles. The van der Waals surface area contributed by atoms with Gasteiger partial charge in [-0.25, -0.2) is 9.69 Å². The van der Waals surface area contributed by atoms with E-state index >= 15 is 0 Å². The van der Waals surface area contributed by atoms with Crippen LogP contribution in [-0.4, -0.2) is 23.4 Å². The van der Waals surface area contributed by atoms with Crippen LogP contribution in [0.3, 0.4) is 0 Å². The maximum absolute atomic E-state index is 11.9. The summed E-state index contributed by atoms with van der Waals surface area (Å²) in [7, 11) is 0. The molecule has 0 saturated heterocycles. The number of carbonyl (C=O) groups is 2. The maximum atomic E-state index is 11.9. The second-order valence-corrected chi connectivity index (χ2v) is 4.33. The number of nitrogens with zero attached hydrogens (tertiary/aromatic N) is 1. The van der Waals surface area contributed by atoms with Gasteiger partial charge in [0, 0.05) is 5.57 Å². The van der Waals surface area contributed by atoms with E-state index in [-0.39, 0.29) is 19.1 Å². The zero-order valence-corrected chi connectivity index (χ0v) is 10.8. The molecule has 0 saturated carbocycles. The van der Waals surface area contributed by atoms with Gasteiger partial charge in [-0.3, -0.25) is 4.79 Å².